The molecule has 0 radical (unpaired) electrons. The Morgan fingerprint density at radius 2 is 1.88 bits per heavy atom. The summed E-state index contributed by atoms with van der Waals surface area (Å²) >= 11 is 0. The van der Waals surface area contributed by atoms with Crippen molar-refractivity contribution in [2.75, 3.05) is 20.7 Å². The summed E-state index contributed by atoms with van der Waals surface area (Å²) in [5.74, 6) is 0.602. The number of unbranched alkanes of at least 4 members (excludes halogenated alkanes) is 2. The van der Waals surface area contributed by atoms with Crippen LogP contribution in [0.15, 0.2) is 12.1 Å². The van der Waals surface area contributed by atoms with Crippen LogP contribution in [0.25, 0.3) is 0 Å². The highest BCUT2D eigenvalue weighted by atomic mass is 16.5. The van der Waals surface area contributed by atoms with Gasteiger partial charge in [0.1, 0.15) is 11.5 Å². The molecule has 0 aliphatic carbocycles. The molecule has 1 amide bonds. The molecular formula is C19H29NO4. The number of ether oxygens (including phenoxy) is 1. The monoisotopic (exact) mass is 335 g/mol. The Bertz CT molecular complexity index is 567. The number of amides is 1. The van der Waals surface area contributed by atoms with Crippen molar-refractivity contribution in [1.82, 2.24) is 4.90 Å². The number of phenols is 1. The molecule has 5 heteroatoms. The number of ketones is 1. The van der Waals surface area contributed by atoms with Crippen LogP contribution >= 0.6 is 0 Å². The van der Waals surface area contributed by atoms with Gasteiger partial charge in [0.15, 0.2) is 5.78 Å². The maximum absolute atomic E-state index is 11.5. The van der Waals surface area contributed by atoms with E-state index in [1.165, 1.54) is 13.0 Å². The van der Waals surface area contributed by atoms with Gasteiger partial charge in [-0.1, -0.05) is 13.3 Å². The van der Waals surface area contributed by atoms with E-state index < -0.39 is 0 Å². The molecule has 0 aliphatic rings. The third-order valence-corrected chi connectivity index (χ3v) is 3.87. The number of carbonyl (C=O) groups is 2. The first-order valence-electron chi connectivity index (χ1n) is 8.56. The van der Waals surface area contributed by atoms with E-state index in [1.807, 2.05) is 0 Å². The molecule has 1 rings (SSSR count). The number of nitrogens with zero attached hydrogens (tertiary/aromatic N) is 1. The molecule has 1 aromatic rings. The van der Waals surface area contributed by atoms with Crippen LogP contribution in [-0.2, 0) is 11.2 Å². The Kier molecular flexibility index (Phi) is 8.30. The van der Waals surface area contributed by atoms with Gasteiger partial charge in [-0.05, 0) is 44.2 Å². The molecule has 0 aliphatic heterocycles. The number of carbonyl (C=O) groups excluding carboxylic acids is 2. The maximum Gasteiger partial charge on any atom is 0.222 e. The SMILES string of the molecule is CCCc1cc(C(C)=O)c(O)cc1OCCCCCC(=O)N(C)C. The van der Waals surface area contributed by atoms with Crippen LogP contribution in [0.3, 0.4) is 0 Å². The van der Waals surface area contributed by atoms with Crippen LogP contribution in [0, 0.1) is 0 Å². The predicted octanol–water partition coefficient (Wildman–Crippen LogP) is 3.57. The zero-order valence-corrected chi connectivity index (χ0v) is 15.2. The standard InChI is InChI=1S/C19H29NO4/c1-5-9-15-12-16(14(2)21)17(22)13-18(15)24-11-8-6-7-10-19(23)20(3)4/h12-13,22H,5-11H2,1-4H3. The molecule has 0 atom stereocenters. The second-order valence-electron chi connectivity index (χ2n) is 6.23. The third kappa shape index (κ3) is 6.22. The first kappa shape index (κ1) is 20.0. The number of aromatic hydroxyl groups is 1. The van der Waals surface area contributed by atoms with Gasteiger partial charge in [-0.2, -0.15) is 0 Å². The van der Waals surface area contributed by atoms with Gasteiger partial charge in [0.2, 0.25) is 5.91 Å². The summed E-state index contributed by atoms with van der Waals surface area (Å²) in [4.78, 5) is 24.6. The molecule has 0 saturated carbocycles. The van der Waals surface area contributed by atoms with Gasteiger partial charge in [-0.25, -0.2) is 0 Å². The maximum atomic E-state index is 11.5. The highest BCUT2D eigenvalue weighted by Gasteiger charge is 2.13. The zero-order chi connectivity index (χ0) is 18.1. The molecular weight excluding hydrogens is 306 g/mol. The van der Waals surface area contributed by atoms with Crippen LogP contribution in [0.5, 0.6) is 11.5 Å². The fraction of sp³-hybridized carbons (Fsp3) is 0.579. The van der Waals surface area contributed by atoms with E-state index in [9.17, 15) is 14.7 Å². The second-order valence-corrected chi connectivity index (χ2v) is 6.23. The summed E-state index contributed by atoms with van der Waals surface area (Å²) in [7, 11) is 3.52. The largest absolute Gasteiger partial charge is 0.507 e. The molecule has 0 unspecified atom stereocenters. The van der Waals surface area contributed by atoms with E-state index in [4.69, 9.17) is 4.74 Å². The summed E-state index contributed by atoms with van der Waals surface area (Å²) in [6.07, 6.45) is 4.90. The Hall–Kier alpha value is -2.04. The van der Waals surface area contributed by atoms with Gasteiger partial charge in [0.25, 0.3) is 0 Å². The molecule has 0 spiro atoms. The van der Waals surface area contributed by atoms with E-state index in [0.717, 1.165) is 37.7 Å². The van der Waals surface area contributed by atoms with Gasteiger partial charge in [0, 0.05) is 26.6 Å². The second kappa shape index (κ2) is 9.96. The van der Waals surface area contributed by atoms with Gasteiger partial charge < -0.3 is 14.7 Å². The minimum atomic E-state index is -0.151. The van der Waals surface area contributed by atoms with Crippen molar-refractivity contribution in [3.05, 3.63) is 23.3 Å². The highest BCUT2D eigenvalue weighted by molar-refractivity contribution is 5.97. The van der Waals surface area contributed by atoms with Crippen LogP contribution in [0.4, 0.5) is 0 Å². The van der Waals surface area contributed by atoms with Crippen LogP contribution < -0.4 is 4.74 Å². The molecule has 1 aromatic carbocycles. The van der Waals surface area contributed by atoms with Crippen LogP contribution in [0.2, 0.25) is 0 Å². The van der Waals surface area contributed by atoms with Crippen molar-refractivity contribution >= 4 is 11.7 Å². The van der Waals surface area contributed by atoms with Gasteiger partial charge >= 0.3 is 0 Å². The molecule has 24 heavy (non-hydrogen) atoms. The van der Waals surface area contributed by atoms with E-state index in [0.29, 0.717) is 24.3 Å². The van der Waals surface area contributed by atoms with Crippen LogP contribution in [0.1, 0.15) is 61.9 Å². The lowest BCUT2D eigenvalue weighted by Crippen LogP contribution is -2.21. The molecule has 0 fully saturated rings. The lowest BCUT2D eigenvalue weighted by atomic mass is 10.0. The smallest absolute Gasteiger partial charge is 0.222 e. The third-order valence-electron chi connectivity index (χ3n) is 3.87. The minimum absolute atomic E-state index is 0.0334. The Morgan fingerprint density at radius 1 is 1.17 bits per heavy atom. The first-order chi connectivity index (χ1) is 11.4. The fourth-order valence-corrected chi connectivity index (χ4v) is 2.46. The molecule has 1 N–H and O–H groups in total. The fourth-order valence-electron chi connectivity index (χ4n) is 2.46. The predicted molar refractivity (Wildman–Crippen MR) is 94.8 cm³/mol. The number of rotatable bonds is 10. The Morgan fingerprint density at radius 3 is 2.46 bits per heavy atom. The van der Waals surface area contributed by atoms with Crippen molar-refractivity contribution in [2.45, 2.75) is 52.4 Å². The summed E-state index contributed by atoms with van der Waals surface area (Å²) < 4.78 is 5.79. The van der Waals surface area contributed by atoms with Crippen molar-refractivity contribution in [3.8, 4) is 11.5 Å². The number of benzene rings is 1. The molecule has 0 aromatic heterocycles. The molecule has 0 heterocycles. The zero-order valence-electron chi connectivity index (χ0n) is 15.2. The van der Waals surface area contributed by atoms with E-state index in [2.05, 4.69) is 6.92 Å². The summed E-state index contributed by atoms with van der Waals surface area (Å²) in [6, 6.07) is 3.27. The Balaban J connectivity index is 2.53. The summed E-state index contributed by atoms with van der Waals surface area (Å²) in [6.45, 7) is 4.04. The van der Waals surface area contributed by atoms with Crippen molar-refractivity contribution < 1.29 is 19.4 Å². The lowest BCUT2D eigenvalue weighted by Gasteiger charge is -2.14. The van der Waals surface area contributed by atoms with Crippen molar-refractivity contribution in [3.63, 3.8) is 0 Å². The van der Waals surface area contributed by atoms with Crippen molar-refractivity contribution in [2.24, 2.45) is 0 Å². The van der Waals surface area contributed by atoms with Crippen molar-refractivity contribution in [1.29, 1.82) is 0 Å². The average molecular weight is 335 g/mol. The normalized spacial score (nSPS) is 10.5. The average Bonchev–Trinajstić information content (AvgIpc) is 2.52. The van der Waals surface area contributed by atoms with Gasteiger partial charge in [-0.3, -0.25) is 9.59 Å². The van der Waals surface area contributed by atoms with E-state index >= 15 is 0 Å². The van der Waals surface area contributed by atoms with Crippen LogP contribution in [-0.4, -0.2) is 42.4 Å². The summed E-state index contributed by atoms with van der Waals surface area (Å²) in [5, 5.41) is 9.97. The molecule has 0 saturated heterocycles. The van der Waals surface area contributed by atoms with E-state index in [-0.39, 0.29) is 17.4 Å². The number of Topliss-reactive ketones (excluding diaryl/α,β-unsaturated/α-hetero) is 1. The van der Waals surface area contributed by atoms with Gasteiger partial charge in [0.05, 0.1) is 12.2 Å². The summed E-state index contributed by atoms with van der Waals surface area (Å²) in [5.41, 5.74) is 1.29. The highest BCUT2D eigenvalue weighted by Crippen LogP contribution is 2.30. The number of aryl methyl sites for hydroxylation is 1. The lowest BCUT2D eigenvalue weighted by molar-refractivity contribution is -0.128. The Labute approximate surface area is 144 Å². The number of phenolic OH excluding ortho intramolecular Hbond substituents is 1. The topological polar surface area (TPSA) is 66.8 Å². The minimum Gasteiger partial charge on any atom is -0.507 e. The number of hydrogen-bond acceptors (Lipinski definition) is 4. The molecule has 5 nitrogen and oxygen atoms in total. The molecule has 0 bridgehead atoms. The molecule has 134 valence electrons. The van der Waals surface area contributed by atoms with E-state index in [1.54, 1.807) is 25.1 Å². The first-order valence-corrected chi connectivity index (χ1v) is 8.56. The number of hydrogen-bond donors (Lipinski definition) is 1. The van der Waals surface area contributed by atoms with Gasteiger partial charge in [-0.15, -0.1) is 0 Å². The quantitative estimate of drug-likeness (QED) is 0.524.